The van der Waals surface area contributed by atoms with E-state index in [2.05, 4.69) is 41.5 Å². The second-order valence-corrected chi connectivity index (χ2v) is 24.1. The van der Waals surface area contributed by atoms with Gasteiger partial charge in [-0.25, -0.2) is 4.79 Å². The Morgan fingerprint density at radius 2 is 1.41 bits per heavy atom. The van der Waals surface area contributed by atoms with Crippen LogP contribution in [-0.2, 0) is 47.0 Å². The topological polar surface area (TPSA) is 124 Å². The molecule has 0 aromatic heterocycles. The fourth-order valence-electron chi connectivity index (χ4n) is 5.99. The minimum Gasteiger partial charge on any atom is -0.468 e. The van der Waals surface area contributed by atoms with Gasteiger partial charge < -0.3 is 32.6 Å². The van der Waals surface area contributed by atoms with Gasteiger partial charge in [0.15, 0.2) is 28.3 Å². The highest BCUT2D eigenvalue weighted by atomic mass is 28.4. The molecule has 1 aliphatic rings. The number of Topliss-reactive ketones (excluding diaryl/α,β-unsaturated/α-hetero) is 1. The summed E-state index contributed by atoms with van der Waals surface area (Å²) in [6, 6.07) is 0. The Morgan fingerprint density at radius 3 is 1.78 bits per heavy atom. The summed E-state index contributed by atoms with van der Waals surface area (Å²) in [5.41, 5.74) is -1.52. The van der Waals surface area contributed by atoms with Crippen LogP contribution in [-0.4, -0.2) is 85.1 Å². The molecule has 238 valence electrons. The summed E-state index contributed by atoms with van der Waals surface area (Å²) in [7, 11) is -3.07. The summed E-state index contributed by atoms with van der Waals surface area (Å²) in [4.78, 5) is 52.5. The summed E-state index contributed by atoms with van der Waals surface area (Å²) in [6.45, 7) is 25.5. The molecule has 0 saturated carbocycles. The van der Waals surface area contributed by atoms with Crippen molar-refractivity contribution in [3.63, 3.8) is 0 Å². The summed E-state index contributed by atoms with van der Waals surface area (Å²) in [6.07, 6.45) is -1.92. The average molecular weight is 619 g/mol. The van der Waals surface area contributed by atoms with Crippen LogP contribution in [0.25, 0.3) is 0 Å². The molecule has 1 fully saturated rings. The molecule has 1 heterocycles. The normalized spacial score (nSPS) is 23.0. The molecule has 12 heteroatoms. The quantitative estimate of drug-likeness (QED) is 0.0845. The van der Waals surface area contributed by atoms with Gasteiger partial charge in [0, 0.05) is 0 Å². The third kappa shape index (κ3) is 7.56. The minimum absolute atomic E-state index is 0.145. The molecule has 1 aliphatic heterocycles. The number of ether oxygens (including phenoxy) is 4. The van der Waals surface area contributed by atoms with Crippen molar-refractivity contribution in [2.45, 2.75) is 135 Å². The molecule has 0 aromatic carbocycles. The first-order valence-electron chi connectivity index (χ1n) is 14.4. The molecule has 10 nitrogen and oxygen atoms in total. The number of carbonyl (C=O) groups is 4. The van der Waals surface area contributed by atoms with E-state index >= 15 is 0 Å². The van der Waals surface area contributed by atoms with Crippen LogP contribution in [0.3, 0.4) is 0 Å². The van der Waals surface area contributed by atoms with Crippen LogP contribution in [0.2, 0.25) is 34.8 Å². The van der Waals surface area contributed by atoms with Crippen LogP contribution in [0.4, 0.5) is 0 Å². The molecule has 0 bridgehead atoms. The molecular formula is C29H54O10Si2. The fraction of sp³-hybridized carbons (Fsp3) is 0.862. The predicted octanol–water partition coefficient (Wildman–Crippen LogP) is 5.19. The number of esters is 2. The number of ketones is 1. The van der Waals surface area contributed by atoms with Crippen LogP contribution in [0, 0.1) is 5.92 Å². The molecular weight excluding hydrogens is 564 g/mol. The number of aldehydes is 1. The SMILES string of the molecule is COC(=O)C(=O)[C@@H](C(=O)OC)[C@]1(CO[Si](C(C)C)(C(C)C)C(C)C)OC(C)(C)O[C@H]1[C@H](C=O)O[Si](C)(C)C(C)(C)C. The Hall–Kier alpha value is -1.45. The highest BCUT2D eigenvalue weighted by Gasteiger charge is 2.67. The molecule has 0 N–H and O–H groups in total. The van der Waals surface area contributed by atoms with E-state index in [4.69, 9.17) is 27.8 Å². The van der Waals surface area contributed by atoms with Crippen LogP contribution in [0.15, 0.2) is 0 Å². The maximum Gasteiger partial charge on any atom is 0.375 e. The van der Waals surface area contributed by atoms with Gasteiger partial charge in [0.1, 0.15) is 24.1 Å². The Labute approximate surface area is 248 Å². The van der Waals surface area contributed by atoms with Gasteiger partial charge in [0.05, 0.1) is 20.8 Å². The molecule has 4 atom stereocenters. The van der Waals surface area contributed by atoms with E-state index in [0.717, 1.165) is 14.2 Å². The number of rotatable bonds is 14. The molecule has 41 heavy (non-hydrogen) atoms. The zero-order chi connectivity index (χ0) is 32.4. The maximum absolute atomic E-state index is 13.6. The lowest BCUT2D eigenvalue weighted by Gasteiger charge is -2.47. The van der Waals surface area contributed by atoms with Crippen LogP contribution in [0.5, 0.6) is 0 Å². The van der Waals surface area contributed by atoms with E-state index in [1.165, 1.54) is 0 Å². The molecule has 1 saturated heterocycles. The zero-order valence-electron chi connectivity index (χ0n) is 27.8. The molecule has 1 rings (SSSR count). The molecule has 0 unspecified atom stereocenters. The van der Waals surface area contributed by atoms with E-state index in [-0.39, 0.29) is 28.3 Å². The van der Waals surface area contributed by atoms with Crippen molar-refractivity contribution in [2.24, 2.45) is 5.92 Å². The predicted molar refractivity (Wildman–Crippen MR) is 160 cm³/mol. The van der Waals surface area contributed by atoms with Gasteiger partial charge in [0.2, 0.25) is 0 Å². The number of methoxy groups -OCH3 is 2. The van der Waals surface area contributed by atoms with Gasteiger partial charge in [-0.1, -0.05) is 62.3 Å². The summed E-state index contributed by atoms with van der Waals surface area (Å²) in [5.74, 6) is -6.70. The standard InChI is InChI=1S/C29H54O10Si2/c1-18(2)41(19(3)4,20(5)6)36-17-29(22(25(32)34-12)23(31)26(33)35-13)24(37-28(10,11)39-29)21(16-30)38-40(14,15)27(7,8)9/h16,18-22,24H,17H2,1-15H3/t21-,22-,24-,29-/m0/s1. The third-order valence-corrected chi connectivity index (χ3v) is 19.4. The van der Waals surface area contributed by atoms with Crippen molar-refractivity contribution < 1.29 is 47.0 Å². The number of hydrogen-bond acceptors (Lipinski definition) is 10. The summed E-state index contributed by atoms with van der Waals surface area (Å²) in [5, 5.41) is -0.277. The van der Waals surface area contributed by atoms with E-state index in [0.29, 0.717) is 6.29 Å². The molecule has 0 amide bonds. The lowest BCUT2D eigenvalue weighted by atomic mass is 9.78. The van der Waals surface area contributed by atoms with E-state index in [9.17, 15) is 19.2 Å². The van der Waals surface area contributed by atoms with Crippen molar-refractivity contribution in [2.75, 3.05) is 20.8 Å². The van der Waals surface area contributed by atoms with Gasteiger partial charge in [0.25, 0.3) is 5.78 Å². The van der Waals surface area contributed by atoms with Crippen molar-refractivity contribution in [3.05, 3.63) is 0 Å². The Bertz CT molecular complexity index is 932. The van der Waals surface area contributed by atoms with Crippen molar-refractivity contribution in [1.29, 1.82) is 0 Å². The van der Waals surface area contributed by atoms with Gasteiger partial charge >= 0.3 is 11.9 Å². The molecule has 0 aliphatic carbocycles. The largest absolute Gasteiger partial charge is 0.468 e. The first-order valence-corrected chi connectivity index (χ1v) is 19.4. The highest BCUT2D eigenvalue weighted by molar-refractivity contribution is 6.77. The van der Waals surface area contributed by atoms with E-state index in [1.807, 2.05) is 33.9 Å². The number of carbonyl (C=O) groups excluding carboxylic acids is 4. The Morgan fingerprint density at radius 1 is 0.927 bits per heavy atom. The second kappa shape index (κ2) is 13.5. The molecule has 0 spiro atoms. The van der Waals surface area contributed by atoms with Gasteiger partial charge in [-0.15, -0.1) is 0 Å². The van der Waals surface area contributed by atoms with Crippen molar-refractivity contribution in [1.82, 2.24) is 0 Å². The fourth-order valence-corrected chi connectivity index (χ4v) is 12.7. The lowest BCUT2D eigenvalue weighted by Crippen LogP contribution is -2.64. The number of hydrogen-bond donors (Lipinski definition) is 0. The second-order valence-electron chi connectivity index (χ2n) is 13.9. The smallest absolute Gasteiger partial charge is 0.375 e. The Kier molecular flexibility index (Phi) is 12.3. The first kappa shape index (κ1) is 37.6. The zero-order valence-corrected chi connectivity index (χ0v) is 29.8. The average Bonchev–Trinajstić information content (AvgIpc) is 3.11. The maximum atomic E-state index is 13.6. The van der Waals surface area contributed by atoms with Crippen LogP contribution < -0.4 is 0 Å². The summed E-state index contributed by atoms with van der Waals surface area (Å²) < 4.78 is 36.1. The monoisotopic (exact) mass is 618 g/mol. The highest BCUT2D eigenvalue weighted by Crippen LogP contribution is 2.49. The molecule has 0 radical (unpaired) electrons. The van der Waals surface area contributed by atoms with Gasteiger partial charge in [-0.2, -0.15) is 0 Å². The first-order chi connectivity index (χ1) is 18.5. The van der Waals surface area contributed by atoms with E-state index in [1.54, 1.807) is 13.8 Å². The van der Waals surface area contributed by atoms with Gasteiger partial charge in [-0.3, -0.25) is 9.59 Å². The lowest BCUT2D eigenvalue weighted by molar-refractivity contribution is -0.194. The van der Waals surface area contributed by atoms with Crippen LogP contribution in [0.1, 0.15) is 76.2 Å². The Balaban J connectivity index is 4.07. The minimum atomic E-state index is -2.64. The van der Waals surface area contributed by atoms with Crippen LogP contribution >= 0.6 is 0 Å². The summed E-state index contributed by atoms with van der Waals surface area (Å²) >= 11 is 0. The molecule has 0 aromatic rings. The van der Waals surface area contributed by atoms with Crippen molar-refractivity contribution in [3.8, 4) is 0 Å². The van der Waals surface area contributed by atoms with E-state index < -0.39 is 63.9 Å². The van der Waals surface area contributed by atoms with Crippen molar-refractivity contribution >= 4 is 40.6 Å². The van der Waals surface area contributed by atoms with Gasteiger partial charge in [-0.05, 0) is 48.6 Å². The third-order valence-electron chi connectivity index (χ3n) is 8.83.